The highest BCUT2D eigenvalue weighted by atomic mass is 16.2. The predicted molar refractivity (Wildman–Crippen MR) is 72.6 cm³/mol. The Labute approximate surface area is 108 Å². The SMILES string of the molecule is Cc1cc(/C=N/NC(=O)C2CCCCC2)c(C)[nH]1. The molecule has 0 aromatic carbocycles. The third-order valence-corrected chi connectivity index (χ3v) is 3.54. The van der Waals surface area contributed by atoms with Crippen molar-refractivity contribution >= 4 is 12.1 Å². The lowest BCUT2D eigenvalue weighted by Gasteiger charge is -2.19. The van der Waals surface area contributed by atoms with Crippen LogP contribution in [-0.4, -0.2) is 17.1 Å². The standard InChI is InChI=1S/C14H21N3O/c1-10-8-13(11(2)16-10)9-15-17-14(18)12-6-4-3-5-7-12/h8-9,12,16H,3-7H2,1-2H3,(H,17,18)/b15-9+. The van der Waals surface area contributed by atoms with E-state index in [-0.39, 0.29) is 11.8 Å². The zero-order valence-corrected chi connectivity index (χ0v) is 11.1. The minimum Gasteiger partial charge on any atom is -0.362 e. The summed E-state index contributed by atoms with van der Waals surface area (Å²) in [5, 5.41) is 4.05. The molecule has 0 spiro atoms. The lowest BCUT2D eigenvalue weighted by Crippen LogP contribution is -2.28. The maximum atomic E-state index is 11.8. The Morgan fingerprint density at radius 1 is 1.39 bits per heavy atom. The number of carbonyl (C=O) groups is 1. The van der Waals surface area contributed by atoms with Gasteiger partial charge < -0.3 is 4.98 Å². The molecule has 1 saturated carbocycles. The van der Waals surface area contributed by atoms with E-state index in [2.05, 4.69) is 15.5 Å². The zero-order valence-electron chi connectivity index (χ0n) is 11.1. The van der Waals surface area contributed by atoms with Crippen LogP contribution in [0, 0.1) is 19.8 Å². The summed E-state index contributed by atoms with van der Waals surface area (Å²) >= 11 is 0. The van der Waals surface area contributed by atoms with Gasteiger partial charge in [-0.1, -0.05) is 19.3 Å². The quantitative estimate of drug-likeness (QED) is 0.626. The molecule has 0 radical (unpaired) electrons. The number of hydrazone groups is 1. The van der Waals surface area contributed by atoms with E-state index >= 15 is 0 Å². The van der Waals surface area contributed by atoms with Crippen molar-refractivity contribution in [2.24, 2.45) is 11.0 Å². The molecule has 2 rings (SSSR count). The first-order chi connectivity index (χ1) is 8.66. The molecule has 0 unspecified atom stereocenters. The summed E-state index contributed by atoms with van der Waals surface area (Å²) < 4.78 is 0. The van der Waals surface area contributed by atoms with Crippen LogP contribution in [0.5, 0.6) is 0 Å². The third kappa shape index (κ3) is 3.22. The number of carbonyl (C=O) groups excluding carboxylic acids is 1. The van der Waals surface area contributed by atoms with Gasteiger partial charge in [0.25, 0.3) is 0 Å². The van der Waals surface area contributed by atoms with Gasteiger partial charge in [0.05, 0.1) is 6.21 Å². The van der Waals surface area contributed by atoms with Crippen LogP contribution < -0.4 is 5.43 Å². The second kappa shape index (κ2) is 5.85. The number of aryl methyl sites for hydroxylation is 2. The average Bonchev–Trinajstić information content (AvgIpc) is 2.69. The second-order valence-electron chi connectivity index (χ2n) is 5.10. The van der Waals surface area contributed by atoms with Crippen molar-refractivity contribution in [1.82, 2.24) is 10.4 Å². The highest BCUT2D eigenvalue weighted by Gasteiger charge is 2.20. The largest absolute Gasteiger partial charge is 0.362 e. The summed E-state index contributed by atoms with van der Waals surface area (Å²) in [6.07, 6.45) is 7.30. The van der Waals surface area contributed by atoms with Crippen molar-refractivity contribution in [1.29, 1.82) is 0 Å². The van der Waals surface area contributed by atoms with Crippen molar-refractivity contribution in [3.8, 4) is 0 Å². The molecule has 1 aliphatic rings. The van der Waals surface area contributed by atoms with E-state index in [4.69, 9.17) is 0 Å². The fraction of sp³-hybridized carbons (Fsp3) is 0.571. The number of nitrogens with one attached hydrogen (secondary N) is 2. The van der Waals surface area contributed by atoms with Gasteiger partial charge in [0, 0.05) is 22.9 Å². The molecule has 0 saturated heterocycles. The Morgan fingerprint density at radius 3 is 2.72 bits per heavy atom. The van der Waals surface area contributed by atoms with Crippen LogP contribution in [0.2, 0.25) is 0 Å². The van der Waals surface area contributed by atoms with Gasteiger partial charge in [0.2, 0.25) is 5.91 Å². The molecule has 1 amide bonds. The number of nitrogens with zero attached hydrogens (tertiary/aromatic N) is 1. The summed E-state index contributed by atoms with van der Waals surface area (Å²) in [6, 6.07) is 2.02. The minimum atomic E-state index is 0.0656. The van der Waals surface area contributed by atoms with Gasteiger partial charge in [0.15, 0.2) is 0 Å². The van der Waals surface area contributed by atoms with Gasteiger partial charge >= 0.3 is 0 Å². The average molecular weight is 247 g/mol. The summed E-state index contributed by atoms with van der Waals surface area (Å²) in [5.41, 5.74) is 5.86. The number of hydrogen-bond donors (Lipinski definition) is 2. The number of aromatic amines is 1. The van der Waals surface area contributed by atoms with Crippen LogP contribution in [0.25, 0.3) is 0 Å². The van der Waals surface area contributed by atoms with E-state index < -0.39 is 0 Å². The molecular weight excluding hydrogens is 226 g/mol. The van der Waals surface area contributed by atoms with Gasteiger partial charge in [0.1, 0.15) is 0 Å². The molecule has 1 aliphatic carbocycles. The smallest absolute Gasteiger partial charge is 0.243 e. The number of aromatic nitrogens is 1. The Bertz CT molecular complexity index is 442. The maximum Gasteiger partial charge on any atom is 0.243 e. The Balaban J connectivity index is 1.87. The molecule has 0 aliphatic heterocycles. The predicted octanol–water partition coefficient (Wildman–Crippen LogP) is 2.66. The van der Waals surface area contributed by atoms with Gasteiger partial charge in [-0.25, -0.2) is 5.43 Å². The third-order valence-electron chi connectivity index (χ3n) is 3.54. The van der Waals surface area contributed by atoms with Crippen molar-refractivity contribution in [3.05, 3.63) is 23.0 Å². The van der Waals surface area contributed by atoms with Crippen molar-refractivity contribution in [3.63, 3.8) is 0 Å². The monoisotopic (exact) mass is 247 g/mol. The summed E-state index contributed by atoms with van der Waals surface area (Å²) in [6.45, 7) is 4.00. The molecule has 1 aromatic rings. The van der Waals surface area contributed by atoms with Gasteiger partial charge in [-0.2, -0.15) is 5.10 Å². The van der Waals surface area contributed by atoms with E-state index in [0.717, 1.165) is 42.6 Å². The van der Waals surface area contributed by atoms with Crippen LogP contribution in [0.4, 0.5) is 0 Å². The molecule has 18 heavy (non-hydrogen) atoms. The van der Waals surface area contributed by atoms with Gasteiger partial charge in [-0.15, -0.1) is 0 Å². The van der Waals surface area contributed by atoms with E-state index in [1.807, 2.05) is 19.9 Å². The molecule has 4 nitrogen and oxygen atoms in total. The Kier molecular flexibility index (Phi) is 4.18. The molecule has 1 fully saturated rings. The number of amides is 1. The van der Waals surface area contributed by atoms with Crippen LogP contribution in [-0.2, 0) is 4.79 Å². The summed E-state index contributed by atoms with van der Waals surface area (Å²) in [4.78, 5) is 15.1. The van der Waals surface area contributed by atoms with Crippen molar-refractivity contribution < 1.29 is 4.79 Å². The topological polar surface area (TPSA) is 57.2 Å². The Morgan fingerprint density at radius 2 is 2.11 bits per heavy atom. The molecule has 0 bridgehead atoms. The van der Waals surface area contributed by atoms with Gasteiger partial charge in [-0.05, 0) is 32.8 Å². The van der Waals surface area contributed by atoms with E-state index in [0.29, 0.717) is 0 Å². The fourth-order valence-corrected chi connectivity index (χ4v) is 2.50. The fourth-order valence-electron chi connectivity index (χ4n) is 2.50. The molecule has 98 valence electrons. The highest BCUT2D eigenvalue weighted by molar-refractivity contribution is 5.84. The lowest BCUT2D eigenvalue weighted by atomic mass is 9.89. The van der Waals surface area contributed by atoms with Crippen molar-refractivity contribution in [2.45, 2.75) is 46.0 Å². The van der Waals surface area contributed by atoms with Crippen LogP contribution in [0.15, 0.2) is 11.2 Å². The number of rotatable bonds is 3. The number of H-pyrrole nitrogens is 1. The summed E-state index contributed by atoms with van der Waals surface area (Å²) in [5.74, 6) is 0.223. The van der Waals surface area contributed by atoms with Crippen LogP contribution in [0.3, 0.4) is 0 Å². The minimum absolute atomic E-state index is 0.0656. The van der Waals surface area contributed by atoms with E-state index in [1.54, 1.807) is 6.21 Å². The molecule has 1 heterocycles. The van der Waals surface area contributed by atoms with Gasteiger partial charge in [-0.3, -0.25) is 4.79 Å². The summed E-state index contributed by atoms with van der Waals surface area (Å²) in [7, 11) is 0. The molecule has 2 N–H and O–H groups in total. The maximum absolute atomic E-state index is 11.8. The first kappa shape index (κ1) is 12.9. The number of hydrogen-bond acceptors (Lipinski definition) is 2. The molecule has 1 aromatic heterocycles. The molecule has 4 heteroatoms. The normalized spacial score (nSPS) is 17.2. The first-order valence-corrected chi connectivity index (χ1v) is 6.66. The van der Waals surface area contributed by atoms with E-state index in [1.165, 1.54) is 6.42 Å². The zero-order chi connectivity index (χ0) is 13.0. The first-order valence-electron chi connectivity index (χ1n) is 6.66. The van der Waals surface area contributed by atoms with Crippen LogP contribution in [0.1, 0.15) is 49.1 Å². The van der Waals surface area contributed by atoms with Crippen LogP contribution >= 0.6 is 0 Å². The second-order valence-corrected chi connectivity index (χ2v) is 5.10. The van der Waals surface area contributed by atoms with E-state index in [9.17, 15) is 4.79 Å². The highest BCUT2D eigenvalue weighted by Crippen LogP contribution is 2.23. The van der Waals surface area contributed by atoms with Crippen molar-refractivity contribution in [2.75, 3.05) is 0 Å². The lowest BCUT2D eigenvalue weighted by molar-refractivity contribution is -0.125. The Hall–Kier alpha value is -1.58. The molecular formula is C14H21N3O. The molecule has 0 atom stereocenters.